The van der Waals surface area contributed by atoms with Gasteiger partial charge in [0.2, 0.25) is 0 Å². The van der Waals surface area contributed by atoms with Crippen molar-refractivity contribution in [2.75, 3.05) is 0 Å². The number of hydrogen-bond donors (Lipinski definition) is 0. The van der Waals surface area contributed by atoms with Crippen molar-refractivity contribution < 1.29 is 0 Å². The molecule has 0 radical (unpaired) electrons. The lowest BCUT2D eigenvalue weighted by Crippen LogP contribution is -2.00. The lowest BCUT2D eigenvalue weighted by Gasteiger charge is -2.18. The maximum absolute atomic E-state index is 8.63. The minimum absolute atomic E-state index is 0.722. The Kier molecular flexibility index (Phi) is 13.9. The van der Waals surface area contributed by atoms with E-state index in [1.54, 1.807) is 0 Å². The molecule has 0 heterocycles. The van der Waals surface area contributed by atoms with Crippen LogP contribution in [0.4, 0.5) is 0 Å². The van der Waals surface area contributed by atoms with Crippen LogP contribution in [0.15, 0.2) is 24.3 Å². The highest BCUT2D eigenvalue weighted by Gasteiger charge is 2.11. The Morgan fingerprint density at radius 3 is 1.77 bits per heavy atom. The van der Waals surface area contributed by atoms with Gasteiger partial charge in [0.05, 0.1) is 6.07 Å². The van der Waals surface area contributed by atoms with E-state index in [4.69, 9.17) is 5.26 Å². The van der Waals surface area contributed by atoms with Gasteiger partial charge in [-0.1, -0.05) is 107 Å². The van der Waals surface area contributed by atoms with E-state index in [0.29, 0.717) is 0 Å². The SMILES string of the molecule is CCCCCCCCCCC(CCCCCCC#N)c1ccc(C)cc1. The zero-order chi connectivity index (χ0) is 18.9. The number of nitrogens with zero attached hydrogens (tertiary/aromatic N) is 1. The van der Waals surface area contributed by atoms with Crippen molar-refractivity contribution in [3.8, 4) is 6.07 Å². The first-order valence-corrected chi connectivity index (χ1v) is 11.2. The van der Waals surface area contributed by atoms with Gasteiger partial charge in [0.1, 0.15) is 0 Å². The first kappa shape index (κ1) is 22.8. The molecule has 0 aromatic heterocycles. The summed E-state index contributed by atoms with van der Waals surface area (Å²) >= 11 is 0. The highest BCUT2D eigenvalue weighted by Crippen LogP contribution is 2.29. The molecule has 1 unspecified atom stereocenters. The first-order chi connectivity index (χ1) is 12.8. The first-order valence-electron chi connectivity index (χ1n) is 11.2. The molecular weight excluding hydrogens is 314 g/mol. The smallest absolute Gasteiger partial charge is 0.0621 e. The van der Waals surface area contributed by atoms with Crippen molar-refractivity contribution in [1.82, 2.24) is 0 Å². The predicted octanol–water partition coefficient (Wildman–Crippen LogP) is 8.47. The van der Waals surface area contributed by atoms with Crippen molar-refractivity contribution in [1.29, 1.82) is 5.26 Å². The zero-order valence-corrected chi connectivity index (χ0v) is 17.4. The number of benzene rings is 1. The number of hydrogen-bond acceptors (Lipinski definition) is 1. The number of rotatable bonds is 16. The van der Waals surface area contributed by atoms with Crippen molar-refractivity contribution in [2.45, 2.75) is 116 Å². The zero-order valence-electron chi connectivity index (χ0n) is 17.4. The molecule has 0 aliphatic carbocycles. The number of unbranched alkanes of at least 4 members (excludes halogenated alkanes) is 11. The topological polar surface area (TPSA) is 23.8 Å². The molecular formula is C25H41N. The van der Waals surface area contributed by atoms with Crippen molar-refractivity contribution in [3.63, 3.8) is 0 Å². The monoisotopic (exact) mass is 355 g/mol. The standard InChI is InChI=1S/C25H41N/c1-3-4-5-6-7-8-10-13-16-24(17-14-11-9-12-15-22-26)25-20-18-23(2)19-21-25/h18-21,24H,3-17H2,1-2H3. The summed E-state index contributed by atoms with van der Waals surface area (Å²) in [5.41, 5.74) is 2.90. The summed E-state index contributed by atoms with van der Waals surface area (Å²) in [6.07, 6.45) is 19.5. The molecule has 1 aromatic carbocycles. The largest absolute Gasteiger partial charge is 0.198 e. The maximum atomic E-state index is 8.63. The summed E-state index contributed by atoms with van der Waals surface area (Å²) < 4.78 is 0. The highest BCUT2D eigenvalue weighted by molar-refractivity contribution is 5.24. The van der Waals surface area contributed by atoms with Gasteiger partial charge < -0.3 is 0 Å². The van der Waals surface area contributed by atoms with Gasteiger partial charge >= 0.3 is 0 Å². The van der Waals surface area contributed by atoms with Crippen LogP contribution in [0.2, 0.25) is 0 Å². The highest BCUT2D eigenvalue weighted by atomic mass is 14.2. The van der Waals surface area contributed by atoms with Crippen LogP contribution in [-0.4, -0.2) is 0 Å². The number of nitriles is 1. The quantitative estimate of drug-likeness (QED) is 0.273. The van der Waals surface area contributed by atoms with E-state index in [2.05, 4.69) is 44.2 Å². The van der Waals surface area contributed by atoms with Crippen LogP contribution in [0, 0.1) is 18.3 Å². The molecule has 26 heavy (non-hydrogen) atoms. The molecule has 0 saturated heterocycles. The van der Waals surface area contributed by atoms with Crippen molar-refractivity contribution in [2.24, 2.45) is 0 Å². The average molecular weight is 356 g/mol. The number of aryl methyl sites for hydroxylation is 1. The molecule has 0 aliphatic rings. The summed E-state index contributed by atoms with van der Waals surface area (Å²) in [6, 6.07) is 11.5. The molecule has 1 rings (SSSR count). The summed E-state index contributed by atoms with van der Waals surface area (Å²) in [7, 11) is 0. The second kappa shape index (κ2) is 15.9. The molecule has 146 valence electrons. The van der Waals surface area contributed by atoms with Gasteiger partial charge in [-0.25, -0.2) is 0 Å². The molecule has 1 nitrogen and oxygen atoms in total. The fourth-order valence-corrected chi connectivity index (χ4v) is 3.79. The molecule has 1 aromatic rings. The Hall–Kier alpha value is -1.29. The molecule has 1 atom stereocenters. The third-order valence-corrected chi connectivity index (χ3v) is 5.55. The third-order valence-electron chi connectivity index (χ3n) is 5.55. The van der Waals surface area contributed by atoms with E-state index >= 15 is 0 Å². The maximum Gasteiger partial charge on any atom is 0.0621 e. The fraction of sp³-hybridized carbons (Fsp3) is 0.720. The Labute approximate surface area is 163 Å². The minimum atomic E-state index is 0.722. The van der Waals surface area contributed by atoms with Crippen LogP contribution in [0.1, 0.15) is 120 Å². The lowest BCUT2D eigenvalue weighted by atomic mass is 9.88. The van der Waals surface area contributed by atoms with E-state index in [0.717, 1.165) is 18.8 Å². The van der Waals surface area contributed by atoms with Crippen LogP contribution < -0.4 is 0 Å². The van der Waals surface area contributed by atoms with Gasteiger partial charge in [-0.15, -0.1) is 0 Å². The second-order valence-corrected chi connectivity index (χ2v) is 7.98. The molecule has 0 amide bonds. The van der Waals surface area contributed by atoms with E-state index in [1.165, 1.54) is 94.6 Å². The Morgan fingerprint density at radius 2 is 1.23 bits per heavy atom. The van der Waals surface area contributed by atoms with Crippen LogP contribution in [-0.2, 0) is 0 Å². The molecule has 0 saturated carbocycles. The van der Waals surface area contributed by atoms with Gasteiger partial charge in [-0.2, -0.15) is 5.26 Å². The fourth-order valence-electron chi connectivity index (χ4n) is 3.79. The predicted molar refractivity (Wildman–Crippen MR) is 114 cm³/mol. The van der Waals surface area contributed by atoms with E-state index < -0.39 is 0 Å². The average Bonchev–Trinajstić information content (AvgIpc) is 2.65. The van der Waals surface area contributed by atoms with Gasteiger partial charge in [-0.3, -0.25) is 0 Å². The van der Waals surface area contributed by atoms with Crippen LogP contribution >= 0.6 is 0 Å². The summed E-state index contributed by atoms with van der Waals surface area (Å²) in [5.74, 6) is 0.728. The second-order valence-electron chi connectivity index (χ2n) is 7.98. The van der Waals surface area contributed by atoms with Gasteiger partial charge in [-0.05, 0) is 37.7 Å². The van der Waals surface area contributed by atoms with E-state index in [-0.39, 0.29) is 0 Å². The van der Waals surface area contributed by atoms with Crippen molar-refractivity contribution >= 4 is 0 Å². The third kappa shape index (κ3) is 11.3. The van der Waals surface area contributed by atoms with Crippen molar-refractivity contribution in [3.05, 3.63) is 35.4 Å². The molecule has 0 fully saturated rings. The molecule has 1 heteroatoms. The van der Waals surface area contributed by atoms with Crippen LogP contribution in [0.5, 0.6) is 0 Å². The Bertz CT molecular complexity index is 468. The molecule has 0 bridgehead atoms. The normalized spacial score (nSPS) is 12.0. The van der Waals surface area contributed by atoms with Gasteiger partial charge in [0.25, 0.3) is 0 Å². The van der Waals surface area contributed by atoms with Gasteiger partial charge in [0.15, 0.2) is 0 Å². The lowest BCUT2D eigenvalue weighted by molar-refractivity contribution is 0.487. The molecule has 0 N–H and O–H groups in total. The van der Waals surface area contributed by atoms with Crippen LogP contribution in [0.25, 0.3) is 0 Å². The summed E-state index contributed by atoms with van der Waals surface area (Å²) in [5, 5.41) is 8.63. The Balaban J connectivity index is 2.29. The minimum Gasteiger partial charge on any atom is -0.198 e. The van der Waals surface area contributed by atoms with E-state index in [9.17, 15) is 0 Å². The van der Waals surface area contributed by atoms with Gasteiger partial charge in [0, 0.05) is 6.42 Å². The molecule has 0 spiro atoms. The molecule has 0 aliphatic heterocycles. The Morgan fingerprint density at radius 1 is 0.731 bits per heavy atom. The van der Waals surface area contributed by atoms with E-state index in [1.807, 2.05) is 0 Å². The van der Waals surface area contributed by atoms with Crippen LogP contribution in [0.3, 0.4) is 0 Å². The summed E-state index contributed by atoms with van der Waals surface area (Å²) in [4.78, 5) is 0. The summed E-state index contributed by atoms with van der Waals surface area (Å²) in [6.45, 7) is 4.46.